The van der Waals surface area contributed by atoms with Gasteiger partial charge in [0.05, 0.1) is 6.42 Å². The average molecular weight is 289 g/mol. The van der Waals surface area contributed by atoms with E-state index in [-0.39, 0.29) is 18.3 Å². The van der Waals surface area contributed by atoms with Crippen LogP contribution in [-0.4, -0.2) is 36.5 Å². The Hall–Kier alpha value is -0.770. The SMILES string of the molecule is CC1CN(C(=O)Cc2ccc(Cl)cc2)CCN1.Cl. The number of hydrogen-bond acceptors (Lipinski definition) is 2. The largest absolute Gasteiger partial charge is 0.340 e. The molecule has 100 valence electrons. The molecule has 0 aliphatic carbocycles. The van der Waals surface area contributed by atoms with Crippen molar-refractivity contribution in [1.29, 1.82) is 0 Å². The molecule has 3 nitrogen and oxygen atoms in total. The highest BCUT2D eigenvalue weighted by atomic mass is 35.5. The lowest BCUT2D eigenvalue weighted by Gasteiger charge is -2.32. The fraction of sp³-hybridized carbons (Fsp3) is 0.462. The molecule has 0 bridgehead atoms. The summed E-state index contributed by atoms with van der Waals surface area (Å²) in [5.41, 5.74) is 1.02. The van der Waals surface area contributed by atoms with Crippen molar-refractivity contribution in [3.63, 3.8) is 0 Å². The number of amides is 1. The maximum Gasteiger partial charge on any atom is 0.227 e. The van der Waals surface area contributed by atoms with Crippen molar-refractivity contribution >= 4 is 29.9 Å². The summed E-state index contributed by atoms with van der Waals surface area (Å²) < 4.78 is 0. The lowest BCUT2D eigenvalue weighted by atomic mass is 10.1. The molecule has 1 aromatic carbocycles. The van der Waals surface area contributed by atoms with E-state index in [9.17, 15) is 4.79 Å². The van der Waals surface area contributed by atoms with Crippen LogP contribution in [0.5, 0.6) is 0 Å². The molecule has 1 N–H and O–H groups in total. The van der Waals surface area contributed by atoms with Crippen LogP contribution in [0.25, 0.3) is 0 Å². The first kappa shape index (κ1) is 15.3. The van der Waals surface area contributed by atoms with Crippen molar-refractivity contribution in [3.05, 3.63) is 34.9 Å². The zero-order valence-electron chi connectivity index (χ0n) is 10.4. The molecule has 1 atom stereocenters. The molecule has 1 saturated heterocycles. The van der Waals surface area contributed by atoms with Crippen LogP contribution in [-0.2, 0) is 11.2 Å². The van der Waals surface area contributed by atoms with Crippen molar-refractivity contribution in [2.24, 2.45) is 0 Å². The molecular formula is C13H18Cl2N2O. The first-order valence-electron chi connectivity index (χ1n) is 5.91. The molecule has 1 amide bonds. The van der Waals surface area contributed by atoms with E-state index in [4.69, 9.17) is 11.6 Å². The van der Waals surface area contributed by atoms with Gasteiger partial charge in [-0.15, -0.1) is 12.4 Å². The molecule has 1 unspecified atom stereocenters. The Morgan fingerprint density at radius 3 is 2.72 bits per heavy atom. The molecule has 0 radical (unpaired) electrons. The molecule has 0 spiro atoms. The number of carbonyl (C=O) groups is 1. The Morgan fingerprint density at radius 1 is 1.44 bits per heavy atom. The molecular weight excluding hydrogens is 271 g/mol. The van der Waals surface area contributed by atoms with E-state index in [0.29, 0.717) is 17.5 Å². The van der Waals surface area contributed by atoms with Gasteiger partial charge in [-0.1, -0.05) is 23.7 Å². The molecule has 2 rings (SSSR count). The van der Waals surface area contributed by atoms with Crippen LogP contribution in [0.15, 0.2) is 24.3 Å². The van der Waals surface area contributed by atoms with Gasteiger partial charge in [-0.25, -0.2) is 0 Å². The monoisotopic (exact) mass is 288 g/mol. The molecule has 1 aromatic rings. The first-order valence-corrected chi connectivity index (χ1v) is 6.28. The predicted octanol–water partition coefficient (Wildman–Crippen LogP) is 2.12. The van der Waals surface area contributed by atoms with Crippen LogP contribution in [0.3, 0.4) is 0 Å². The second-order valence-corrected chi connectivity index (χ2v) is 4.93. The van der Waals surface area contributed by atoms with E-state index in [1.165, 1.54) is 0 Å². The summed E-state index contributed by atoms with van der Waals surface area (Å²) in [4.78, 5) is 14.0. The third kappa shape index (κ3) is 4.16. The van der Waals surface area contributed by atoms with Gasteiger partial charge in [-0.3, -0.25) is 4.79 Å². The number of piperazine rings is 1. The number of rotatable bonds is 2. The van der Waals surface area contributed by atoms with Crippen LogP contribution in [0.2, 0.25) is 5.02 Å². The summed E-state index contributed by atoms with van der Waals surface area (Å²) in [5.74, 6) is 0.195. The molecule has 5 heteroatoms. The van der Waals surface area contributed by atoms with Crippen LogP contribution in [0.4, 0.5) is 0 Å². The van der Waals surface area contributed by atoms with E-state index >= 15 is 0 Å². The Balaban J connectivity index is 0.00000162. The fourth-order valence-corrected chi connectivity index (χ4v) is 2.17. The molecule has 0 saturated carbocycles. The number of hydrogen-bond donors (Lipinski definition) is 1. The average Bonchev–Trinajstić information content (AvgIpc) is 2.32. The lowest BCUT2D eigenvalue weighted by molar-refractivity contribution is -0.131. The maximum atomic E-state index is 12.1. The topological polar surface area (TPSA) is 32.3 Å². The summed E-state index contributed by atoms with van der Waals surface area (Å²) in [7, 11) is 0. The van der Waals surface area contributed by atoms with Crippen molar-refractivity contribution in [2.75, 3.05) is 19.6 Å². The zero-order chi connectivity index (χ0) is 12.3. The van der Waals surface area contributed by atoms with Gasteiger partial charge < -0.3 is 10.2 Å². The first-order chi connectivity index (χ1) is 8.15. The van der Waals surface area contributed by atoms with E-state index in [0.717, 1.165) is 25.2 Å². The third-order valence-corrected chi connectivity index (χ3v) is 3.24. The molecule has 0 aromatic heterocycles. The summed E-state index contributed by atoms with van der Waals surface area (Å²) in [6.45, 7) is 4.58. The van der Waals surface area contributed by atoms with E-state index in [2.05, 4.69) is 12.2 Å². The summed E-state index contributed by atoms with van der Waals surface area (Å²) in [6.07, 6.45) is 0.462. The lowest BCUT2D eigenvalue weighted by Crippen LogP contribution is -2.51. The molecule has 1 heterocycles. The maximum absolute atomic E-state index is 12.1. The molecule has 1 fully saturated rings. The Kier molecular flexibility index (Phi) is 5.93. The highest BCUT2D eigenvalue weighted by molar-refractivity contribution is 6.30. The second kappa shape index (κ2) is 6.98. The van der Waals surface area contributed by atoms with Crippen LogP contribution >= 0.6 is 24.0 Å². The molecule has 18 heavy (non-hydrogen) atoms. The van der Waals surface area contributed by atoms with Crippen molar-refractivity contribution in [3.8, 4) is 0 Å². The van der Waals surface area contributed by atoms with Gasteiger partial charge in [0.25, 0.3) is 0 Å². The minimum absolute atomic E-state index is 0. The highest BCUT2D eigenvalue weighted by Gasteiger charge is 2.20. The Labute approximate surface area is 119 Å². The quantitative estimate of drug-likeness (QED) is 0.904. The molecule has 1 aliphatic rings. The summed E-state index contributed by atoms with van der Waals surface area (Å²) in [5, 5.41) is 4.03. The van der Waals surface area contributed by atoms with Gasteiger partial charge in [0.1, 0.15) is 0 Å². The minimum atomic E-state index is 0. The number of halogens is 2. The van der Waals surface area contributed by atoms with Gasteiger partial charge in [0.15, 0.2) is 0 Å². The van der Waals surface area contributed by atoms with Crippen LogP contribution in [0.1, 0.15) is 12.5 Å². The van der Waals surface area contributed by atoms with Gasteiger partial charge in [-0.05, 0) is 24.6 Å². The van der Waals surface area contributed by atoms with Crippen molar-refractivity contribution < 1.29 is 4.79 Å². The standard InChI is InChI=1S/C13H17ClN2O.ClH/c1-10-9-16(7-6-15-10)13(17)8-11-2-4-12(14)5-3-11;/h2-5,10,15H,6-9H2,1H3;1H. The highest BCUT2D eigenvalue weighted by Crippen LogP contribution is 2.11. The van der Waals surface area contributed by atoms with Crippen molar-refractivity contribution in [2.45, 2.75) is 19.4 Å². The number of carbonyl (C=O) groups excluding carboxylic acids is 1. The second-order valence-electron chi connectivity index (χ2n) is 4.50. The number of nitrogens with one attached hydrogen (secondary N) is 1. The number of benzene rings is 1. The minimum Gasteiger partial charge on any atom is -0.340 e. The van der Waals surface area contributed by atoms with E-state index < -0.39 is 0 Å². The number of nitrogens with zero attached hydrogens (tertiary/aromatic N) is 1. The van der Waals surface area contributed by atoms with Crippen LogP contribution < -0.4 is 5.32 Å². The molecule has 1 aliphatic heterocycles. The fourth-order valence-electron chi connectivity index (χ4n) is 2.05. The zero-order valence-corrected chi connectivity index (χ0v) is 11.9. The van der Waals surface area contributed by atoms with Gasteiger partial charge >= 0.3 is 0 Å². The smallest absolute Gasteiger partial charge is 0.227 e. The van der Waals surface area contributed by atoms with Gasteiger partial charge in [0.2, 0.25) is 5.91 Å². The van der Waals surface area contributed by atoms with Crippen molar-refractivity contribution in [1.82, 2.24) is 10.2 Å². The Bertz CT molecular complexity index is 394. The Morgan fingerprint density at radius 2 is 2.11 bits per heavy atom. The summed E-state index contributed by atoms with van der Waals surface area (Å²) in [6, 6.07) is 7.85. The van der Waals surface area contributed by atoms with Gasteiger partial charge in [-0.2, -0.15) is 0 Å². The van der Waals surface area contributed by atoms with Crippen LogP contribution in [0, 0.1) is 0 Å². The third-order valence-electron chi connectivity index (χ3n) is 2.99. The van der Waals surface area contributed by atoms with E-state index in [1.807, 2.05) is 29.2 Å². The predicted molar refractivity (Wildman–Crippen MR) is 76.4 cm³/mol. The van der Waals surface area contributed by atoms with E-state index in [1.54, 1.807) is 0 Å². The van der Waals surface area contributed by atoms with Gasteiger partial charge in [0, 0.05) is 30.7 Å². The normalized spacial score (nSPS) is 19.2. The summed E-state index contributed by atoms with van der Waals surface area (Å²) >= 11 is 5.81.